The summed E-state index contributed by atoms with van der Waals surface area (Å²) in [5.74, 6) is 1.08. The number of aryl methyl sites for hydroxylation is 1. The average molecular weight is 300 g/mol. The van der Waals surface area contributed by atoms with Gasteiger partial charge in [0, 0.05) is 13.1 Å². The zero-order valence-electron chi connectivity index (χ0n) is 12.4. The van der Waals surface area contributed by atoms with Crippen LogP contribution in [0.25, 0.3) is 0 Å². The van der Waals surface area contributed by atoms with Crippen molar-refractivity contribution >= 4 is 10.0 Å². The molecule has 7 heteroatoms. The summed E-state index contributed by atoms with van der Waals surface area (Å²) in [6.45, 7) is 7.54. The van der Waals surface area contributed by atoms with Gasteiger partial charge in [-0.2, -0.15) is 5.10 Å². The van der Waals surface area contributed by atoms with Gasteiger partial charge < -0.3 is 5.32 Å². The Morgan fingerprint density at radius 1 is 1.45 bits per heavy atom. The van der Waals surface area contributed by atoms with Crippen LogP contribution in [0, 0.1) is 18.8 Å². The molecule has 1 aromatic heterocycles. The van der Waals surface area contributed by atoms with Gasteiger partial charge >= 0.3 is 0 Å². The molecule has 0 saturated heterocycles. The molecule has 1 fully saturated rings. The van der Waals surface area contributed by atoms with Gasteiger partial charge in [-0.05, 0) is 38.1 Å². The Balaban J connectivity index is 2.09. The Morgan fingerprint density at radius 3 is 2.75 bits per heavy atom. The summed E-state index contributed by atoms with van der Waals surface area (Å²) in [5, 5.41) is 9.96. The van der Waals surface area contributed by atoms with Crippen LogP contribution in [0.1, 0.15) is 38.1 Å². The van der Waals surface area contributed by atoms with Crippen molar-refractivity contribution in [2.45, 2.75) is 45.1 Å². The molecule has 0 bridgehead atoms. The quantitative estimate of drug-likeness (QED) is 0.672. The molecule has 1 heterocycles. The van der Waals surface area contributed by atoms with Crippen LogP contribution in [0.4, 0.5) is 0 Å². The minimum Gasteiger partial charge on any atom is -0.311 e. The minimum atomic E-state index is -3.49. The first-order valence-corrected chi connectivity index (χ1v) is 8.68. The van der Waals surface area contributed by atoms with E-state index in [1.807, 2.05) is 6.92 Å². The SMILES string of the molecule is CCNCc1n[nH]c(C)c1S(=O)(=O)NCC(C)C1CC1. The highest BCUT2D eigenvalue weighted by Crippen LogP contribution is 2.36. The maximum absolute atomic E-state index is 12.4. The van der Waals surface area contributed by atoms with Crippen molar-refractivity contribution in [2.24, 2.45) is 11.8 Å². The molecule has 0 amide bonds. The summed E-state index contributed by atoms with van der Waals surface area (Å²) in [6.07, 6.45) is 2.44. The first-order chi connectivity index (χ1) is 9.45. The smallest absolute Gasteiger partial charge is 0.244 e. The lowest BCUT2D eigenvalue weighted by atomic mass is 10.1. The fourth-order valence-electron chi connectivity index (χ4n) is 2.33. The molecular weight excluding hydrogens is 276 g/mol. The van der Waals surface area contributed by atoms with Crippen molar-refractivity contribution in [2.75, 3.05) is 13.1 Å². The van der Waals surface area contributed by atoms with Gasteiger partial charge in [0.15, 0.2) is 0 Å². The molecule has 20 heavy (non-hydrogen) atoms. The third-order valence-corrected chi connectivity index (χ3v) is 5.42. The van der Waals surface area contributed by atoms with E-state index in [0.717, 1.165) is 6.54 Å². The zero-order chi connectivity index (χ0) is 14.8. The van der Waals surface area contributed by atoms with E-state index < -0.39 is 10.0 Å². The lowest BCUT2D eigenvalue weighted by Gasteiger charge is -2.12. The van der Waals surface area contributed by atoms with Crippen molar-refractivity contribution in [3.8, 4) is 0 Å². The Bertz CT molecular complexity index is 549. The van der Waals surface area contributed by atoms with E-state index in [2.05, 4.69) is 27.2 Å². The molecule has 1 aliphatic rings. The summed E-state index contributed by atoms with van der Waals surface area (Å²) >= 11 is 0. The van der Waals surface area contributed by atoms with Gasteiger partial charge in [-0.15, -0.1) is 0 Å². The second kappa shape index (κ2) is 6.24. The van der Waals surface area contributed by atoms with Crippen LogP contribution in [0.2, 0.25) is 0 Å². The molecular formula is C13H24N4O2S. The van der Waals surface area contributed by atoms with Crippen LogP contribution < -0.4 is 10.0 Å². The highest BCUT2D eigenvalue weighted by Gasteiger charge is 2.30. The number of sulfonamides is 1. The fourth-order valence-corrected chi connectivity index (χ4v) is 3.84. The standard InChI is InChI=1S/C13H24N4O2S/c1-4-14-8-12-13(10(3)16-17-12)20(18,19)15-7-9(2)11-5-6-11/h9,11,14-15H,4-8H2,1-3H3,(H,16,17). The Labute approximate surface area is 120 Å². The van der Waals surface area contributed by atoms with E-state index in [0.29, 0.717) is 41.2 Å². The highest BCUT2D eigenvalue weighted by molar-refractivity contribution is 7.89. The van der Waals surface area contributed by atoms with Crippen LogP contribution in [0.5, 0.6) is 0 Å². The highest BCUT2D eigenvalue weighted by atomic mass is 32.2. The van der Waals surface area contributed by atoms with Crippen molar-refractivity contribution in [3.63, 3.8) is 0 Å². The van der Waals surface area contributed by atoms with Crippen LogP contribution in [0.3, 0.4) is 0 Å². The predicted molar refractivity (Wildman–Crippen MR) is 77.8 cm³/mol. The van der Waals surface area contributed by atoms with Gasteiger partial charge in [-0.1, -0.05) is 13.8 Å². The number of aromatic nitrogens is 2. The first kappa shape index (κ1) is 15.5. The maximum atomic E-state index is 12.4. The van der Waals surface area contributed by atoms with E-state index >= 15 is 0 Å². The third-order valence-electron chi connectivity index (χ3n) is 3.79. The molecule has 0 aromatic carbocycles. The molecule has 1 aliphatic carbocycles. The molecule has 6 nitrogen and oxygen atoms in total. The molecule has 1 atom stereocenters. The number of H-pyrrole nitrogens is 1. The Hall–Kier alpha value is -0.920. The fraction of sp³-hybridized carbons (Fsp3) is 0.769. The number of rotatable bonds is 8. The predicted octanol–water partition coefficient (Wildman–Crippen LogP) is 1.15. The minimum absolute atomic E-state index is 0.293. The number of aromatic amines is 1. The van der Waals surface area contributed by atoms with Crippen molar-refractivity contribution < 1.29 is 8.42 Å². The topological polar surface area (TPSA) is 86.9 Å². The van der Waals surface area contributed by atoms with Crippen molar-refractivity contribution in [1.29, 1.82) is 0 Å². The second-order valence-corrected chi connectivity index (χ2v) is 7.28. The Morgan fingerprint density at radius 2 is 2.15 bits per heavy atom. The molecule has 0 radical (unpaired) electrons. The van der Waals surface area contributed by atoms with Crippen LogP contribution in [-0.2, 0) is 16.6 Å². The maximum Gasteiger partial charge on any atom is 0.244 e. The molecule has 0 aliphatic heterocycles. The van der Waals surface area contributed by atoms with Gasteiger partial charge in [-0.25, -0.2) is 13.1 Å². The summed E-state index contributed by atoms with van der Waals surface area (Å²) in [7, 11) is -3.49. The van der Waals surface area contributed by atoms with E-state index in [-0.39, 0.29) is 0 Å². The normalized spacial score (nSPS) is 17.4. The molecule has 1 aromatic rings. The summed E-state index contributed by atoms with van der Waals surface area (Å²) in [5.41, 5.74) is 1.14. The lowest BCUT2D eigenvalue weighted by molar-refractivity contribution is 0.491. The molecule has 0 spiro atoms. The molecule has 114 valence electrons. The lowest BCUT2D eigenvalue weighted by Crippen LogP contribution is -2.30. The van der Waals surface area contributed by atoms with Gasteiger partial charge in [0.05, 0.1) is 11.4 Å². The Kier molecular flexibility index (Phi) is 4.82. The average Bonchev–Trinajstić information content (AvgIpc) is 3.17. The number of hydrogen-bond acceptors (Lipinski definition) is 4. The summed E-state index contributed by atoms with van der Waals surface area (Å²) in [6, 6.07) is 0. The molecule has 1 unspecified atom stereocenters. The monoisotopic (exact) mass is 300 g/mol. The summed E-state index contributed by atoms with van der Waals surface area (Å²) < 4.78 is 27.6. The van der Waals surface area contributed by atoms with Crippen LogP contribution in [-0.4, -0.2) is 31.7 Å². The van der Waals surface area contributed by atoms with Crippen molar-refractivity contribution in [3.05, 3.63) is 11.4 Å². The largest absolute Gasteiger partial charge is 0.311 e. The second-order valence-electron chi connectivity index (χ2n) is 5.57. The zero-order valence-corrected chi connectivity index (χ0v) is 13.2. The number of hydrogen-bond donors (Lipinski definition) is 3. The van der Waals surface area contributed by atoms with Gasteiger partial charge in [0.2, 0.25) is 10.0 Å². The van der Waals surface area contributed by atoms with Crippen molar-refractivity contribution in [1.82, 2.24) is 20.2 Å². The van der Waals surface area contributed by atoms with Crippen LogP contribution >= 0.6 is 0 Å². The van der Waals surface area contributed by atoms with E-state index in [1.54, 1.807) is 6.92 Å². The van der Waals surface area contributed by atoms with Crippen LogP contribution in [0.15, 0.2) is 4.90 Å². The third kappa shape index (κ3) is 3.59. The number of nitrogens with one attached hydrogen (secondary N) is 3. The van der Waals surface area contributed by atoms with Gasteiger partial charge in [-0.3, -0.25) is 5.10 Å². The van der Waals surface area contributed by atoms with Gasteiger partial charge in [0.1, 0.15) is 4.90 Å². The number of nitrogens with zero attached hydrogens (tertiary/aromatic N) is 1. The molecule has 2 rings (SSSR count). The molecule has 1 saturated carbocycles. The summed E-state index contributed by atoms with van der Waals surface area (Å²) in [4.78, 5) is 0.293. The molecule has 3 N–H and O–H groups in total. The van der Waals surface area contributed by atoms with E-state index in [4.69, 9.17) is 0 Å². The van der Waals surface area contributed by atoms with Gasteiger partial charge in [0.25, 0.3) is 0 Å². The van der Waals surface area contributed by atoms with E-state index in [1.165, 1.54) is 12.8 Å². The first-order valence-electron chi connectivity index (χ1n) is 7.20. The van der Waals surface area contributed by atoms with E-state index in [9.17, 15) is 8.42 Å².